The lowest BCUT2D eigenvalue weighted by Crippen LogP contribution is -2.24. The van der Waals surface area contributed by atoms with E-state index in [0.29, 0.717) is 12.3 Å². The average Bonchev–Trinajstić information content (AvgIpc) is 2.70. The van der Waals surface area contributed by atoms with Crippen molar-refractivity contribution in [3.8, 4) is 17.6 Å². The number of hydrogen-bond donors (Lipinski definition) is 1. The zero-order valence-electron chi connectivity index (χ0n) is 14.7. The van der Waals surface area contributed by atoms with E-state index >= 15 is 0 Å². The molecule has 0 radical (unpaired) electrons. The third-order valence-corrected chi connectivity index (χ3v) is 4.05. The Kier molecular flexibility index (Phi) is 6.05. The van der Waals surface area contributed by atoms with E-state index in [1.165, 1.54) is 5.06 Å². The smallest absolute Gasteiger partial charge is 0.125 e. The summed E-state index contributed by atoms with van der Waals surface area (Å²) < 4.78 is 5.47. The Morgan fingerprint density at radius 2 is 1.50 bits per heavy atom. The van der Waals surface area contributed by atoms with Crippen LogP contribution in [0.4, 0.5) is 0 Å². The lowest BCUT2D eigenvalue weighted by atomic mass is 10.0. The van der Waals surface area contributed by atoms with Crippen molar-refractivity contribution in [1.82, 2.24) is 5.06 Å². The summed E-state index contributed by atoms with van der Waals surface area (Å²) >= 11 is 0. The summed E-state index contributed by atoms with van der Waals surface area (Å²) in [6.07, 6.45) is 0. The van der Waals surface area contributed by atoms with Crippen LogP contribution < -0.4 is 4.74 Å². The summed E-state index contributed by atoms with van der Waals surface area (Å²) in [5, 5.41) is 12.0. The van der Waals surface area contributed by atoms with Crippen molar-refractivity contribution in [3.05, 3.63) is 102 Å². The average molecular weight is 343 g/mol. The van der Waals surface area contributed by atoms with Crippen molar-refractivity contribution in [2.45, 2.75) is 12.6 Å². The predicted octanol–water partition coefficient (Wildman–Crippen LogP) is 4.68. The first kappa shape index (κ1) is 17.8. The maximum absolute atomic E-state index is 10.8. The first-order chi connectivity index (χ1) is 12.8. The molecule has 3 rings (SSSR count). The zero-order valence-corrected chi connectivity index (χ0v) is 14.7. The summed E-state index contributed by atoms with van der Waals surface area (Å²) in [6, 6.07) is 26.7. The molecule has 3 heteroatoms. The van der Waals surface area contributed by atoms with Crippen LogP contribution in [-0.2, 0) is 6.54 Å². The van der Waals surface area contributed by atoms with Gasteiger partial charge >= 0.3 is 0 Å². The molecule has 0 amide bonds. The van der Waals surface area contributed by atoms with E-state index in [-0.39, 0.29) is 0 Å². The summed E-state index contributed by atoms with van der Waals surface area (Å²) in [7, 11) is 1.62. The fourth-order valence-electron chi connectivity index (χ4n) is 2.74. The lowest BCUT2D eigenvalue weighted by Gasteiger charge is -2.23. The molecule has 1 N–H and O–H groups in total. The SMILES string of the molecule is COc1ccccc1C(C#Cc1ccccc1)N(O)Cc1ccccc1. The van der Waals surface area contributed by atoms with Crippen LogP contribution in [0.3, 0.4) is 0 Å². The molecular weight excluding hydrogens is 322 g/mol. The van der Waals surface area contributed by atoms with Crippen molar-refractivity contribution >= 4 is 0 Å². The molecule has 1 atom stereocenters. The molecule has 26 heavy (non-hydrogen) atoms. The molecule has 3 aromatic rings. The van der Waals surface area contributed by atoms with Gasteiger partial charge in [0.1, 0.15) is 11.8 Å². The van der Waals surface area contributed by atoms with E-state index in [1.54, 1.807) is 7.11 Å². The molecule has 0 heterocycles. The van der Waals surface area contributed by atoms with E-state index in [9.17, 15) is 5.21 Å². The van der Waals surface area contributed by atoms with E-state index < -0.39 is 6.04 Å². The Hall–Kier alpha value is -3.06. The largest absolute Gasteiger partial charge is 0.496 e. The van der Waals surface area contributed by atoms with Gasteiger partial charge in [-0.2, -0.15) is 5.06 Å². The second kappa shape index (κ2) is 8.87. The van der Waals surface area contributed by atoms with Gasteiger partial charge in [0.05, 0.1) is 13.7 Å². The van der Waals surface area contributed by atoms with Gasteiger partial charge in [0.15, 0.2) is 0 Å². The molecule has 0 saturated heterocycles. The van der Waals surface area contributed by atoms with Crippen LogP contribution in [-0.4, -0.2) is 17.4 Å². The van der Waals surface area contributed by atoms with E-state index in [2.05, 4.69) is 11.8 Å². The topological polar surface area (TPSA) is 32.7 Å². The molecule has 0 aliphatic carbocycles. The fraction of sp³-hybridized carbons (Fsp3) is 0.130. The van der Waals surface area contributed by atoms with Crippen molar-refractivity contribution in [2.24, 2.45) is 0 Å². The van der Waals surface area contributed by atoms with Crippen LogP contribution in [0.25, 0.3) is 0 Å². The van der Waals surface area contributed by atoms with Crippen LogP contribution >= 0.6 is 0 Å². The first-order valence-corrected chi connectivity index (χ1v) is 8.47. The molecule has 0 fully saturated rings. The Morgan fingerprint density at radius 1 is 0.885 bits per heavy atom. The van der Waals surface area contributed by atoms with Gasteiger partial charge < -0.3 is 9.94 Å². The summed E-state index contributed by atoms with van der Waals surface area (Å²) in [5.41, 5.74) is 2.74. The Labute approximate surface area is 154 Å². The molecule has 3 aromatic carbocycles. The molecular formula is C23H21NO2. The van der Waals surface area contributed by atoms with E-state index in [0.717, 1.165) is 16.7 Å². The maximum Gasteiger partial charge on any atom is 0.125 e. The molecule has 0 aromatic heterocycles. The van der Waals surface area contributed by atoms with Crippen molar-refractivity contribution in [2.75, 3.05) is 7.11 Å². The van der Waals surface area contributed by atoms with Crippen LogP contribution in [0.5, 0.6) is 5.75 Å². The number of hydroxylamine groups is 2. The molecule has 0 aliphatic rings. The number of para-hydroxylation sites is 1. The van der Waals surface area contributed by atoms with Crippen molar-refractivity contribution in [3.63, 3.8) is 0 Å². The van der Waals surface area contributed by atoms with Crippen LogP contribution in [0.1, 0.15) is 22.7 Å². The zero-order chi connectivity index (χ0) is 18.2. The van der Waals surface area contributed by atoms with Crippen LogP contribution in [0.2, 0.25) is 0 Å². The first-order valence-electron chi connectivity index (χ1n) is 8.47. The van der Waals surface area contributed by atoms with Gasteiger partial charge in [0.25, 0.3) is 0 Å². The summed E-state index contributed by atoms with van der Waals surface area (Å²) in [4.78, 5) is 0. The Bertz CT molecular complexity index is 882. The third kappa shape index (κ3) is 4.52. The quantitative estimate of drug-likeness (QED) is 0.539. The van der Waals surface area contributed by atoms with Crippen molar-refractivity contribution < 1.29 is 9.94 Å². The molecule has 0 saturated carbocycles. The number of methoxy groups -OCH3 is 1. The molecule has 0 spiro atoms. The lowest BCUT2D eigenvalue weighted by molar-refractivity contribution is -0.121. The number of rotatable bonds is 5. The maximum atomic E-state index is 10.8. The fourth-order valence-corrected chi connectivity index (χ4v) is 2.74. The predicted molar refractivity (Wildman–Crippen MR) is 103 cm³/mol. The number of ether oxygens (including phenoxy) is 1. The molecule has 0 aliphatic heterocycles. The minimum atomic E-state index is -0.508. The highest BCUT2D eigenvalue weighted by Gasteiger charge is 2.20. The van der Waals surface area contributed by atoms with E-state index in [1.807, 2.05) is 84.9 Å². The molecule has 1 unspecified atom stereocenters. The molecule has 3 nitrogen and oxygen atoms in total. The van der Waals surface area contributed by atoms with Crippen LogP contribution in [0, 0.1) is 11.8 Å². The number of nitrogens with zero attached hydrogens (tertiary/aromatic N) is 1. The number of benzene rings is 3. The van der Waals surface area contributed by atoms with Gasteiger partial charge in [-0.1, -0.05) is 78.6 Å². The van der Waals surface area contributed by atoms with Gasteiger partial charge in [-0.25, -0.2) is 0 Å². The summed E-state index contributed by atoms with van der Waals surface area (Å²) in [5.74, 6) is 7.05. The highest BCUT2D eigenvalue weighted by atomic mass is 16.5. The van der Waals surface area contributed by atoms with E-state index in [4.69, 9.17) is 4.74 Å². The van der Waals surface area contributed by atoms with Gasteiger partial charge in [-0.3, -0.25) is 0 Å². The highest BCUT2D eigenvalue weighted by molar-refractivity contribution is 5.43. The Balaban J connectivity index is 1.94. The van der Waals surface area contributed by atoms with Gasteiger partial charge in [-0.15, -0.1) is 0 Å². The van der Waals surface area contributed by atoms with Crippen LogP contribution in [0.15, 0.2) is 84.9 Å². The number of hydrogen-bond acceptors (Lipinski definition) is 3. The van der Waals surface area contributed by atoms with Gasteiger partial charge in [0, 0.05) is 11.1 Å². The second-order valence-corrected chi connectivity index (χ2v) is 5.86. The normalized spacial score (nSPS) is 11.5. The second-order valence-electron chi connectivity index (χ2n) is 5.86. The third-order valence-electron chi connectivity index (χ3n) is 4.05. The monoisotopic (exact) mass is 343 g/mol. The van der Waals surface area contributed by atoms with Gasteiger partial charge in [-0.05, 0) is 23.8 Å². The minimum absolute atomic E-state index is 0.368. The van der Waals surface area contributed by atoms with Gasteiger partial charge in [0.2, 0.25) is 0 Å². The highest BCUT2D eigenvalue weighted by Crippen LogP contribution is 2.29. The molecule has 0 bridgehead atoms. The van der Waals surface area contributed by atoms with Crippen molar-refractivity contribution in [1.29, 1.82) is 0 Å². The minimum Gasteiger partial charge on any atom is -0.496 e. The Morgan fingerprint density at radius 3 is 2.19 bits per heavy atom. The standard InChI is InChI=1S/C23H21NO2/c1-26-23-15-9-8-14-21(23)22(17-16-19-10-4-2-5-11-19)24(25)18-20-12-6-3-7-13-20/h2-15,22,25H,18H2,1H3. The summed E-state index contributed by atoms with van der Waals surface area (Å²) in [6.45, 7) is 0.368. The molecule has 130 valence electrons.